The average molecular weight is 524 g/mol. The van der Waals surface area contributed by atoms with E-state index < -0.39 is 10.9 Å². The fourth-order valence-electron chi connectivity index (χ4n) is 4.15. The molecule has 2 aromatic rings. The van der Waals surface area contributed by atoms with Gasteiger partial charge in [0, 0.05) is 56.1 Å². The van der Waals surface area contributed by atoms with Crippen molar-refractivity contribution in [3.05, 3.63) is 68.6 Å². The first kappa shape index (κ1) is 26.4. The van der Waals surface area contributed by atoms with E-state index in [0.29, 0.717) is 33.4 Å². The third-order valence-corrected chi connectivity index (χ3v) is 7.15. The summed E-state index contributed by atoms with van der Waals surface area (Å²) in [5, 5.41) is 12.0. The molecule has 4 rings (SSSR count). The van der Waals surface area contributed by atoms with Crippen molar-refractivity contribution in [3.8, 4) is 0 Å². The molecule has 0 N–H and O–H groups in total. The molecule has 37 heavy (non-hydrogen) atoms. The number of carbonyl (C=O) groups is 2. The molecule has 2 saturated heterocycles. The number of amidine groups is 1. The maximum absolute atomic E-state index is 13.3. The number of aliphatic imine (C=N–C) groups is 1. The molecule has 0 spiro atoms. The molecule has 0 saturated carbocycles. The lowest BCUT2D eigenvalue weighted by molar-refractivity contribution is -0.384. The summed E-state index contributed by atoms with van der Waals surface area (Å²) < 4.78 is 5.07. The Bertz CT molecular complexity index is 1270. The summed E-state index contributed by atoms with van der Waals surface area (Å²) in [5.74, 6) is -0.654. The number of likely N-dealkylation sites (N-methyl/N-ethyl adjacent to an activating group) is 2. The number of amides is 1. The Morgan fingerprint density at radius 3 is 2.59 bits per heavy atom. The molecule has 2 fully saturated rings. The molecule has 2 aliphatic rings. The maximum atomic E-state index is 13.3. The third-order valence-electron chi connectivity index (χ3n) is 6.14. The summed E-state index contributed by atoms with van der Waals surface area (Å²) in [6.07, 6.45) is 1.72. The molecule has 0 bridgehead atoms. The Labute approximate surface area is 219 Å². The van der Waals surface area contributed by atoms with Crippen LogP contribution in [0.2, 0.25) is 0 Å². The van der Waals surface area contributed by atoms with Crippen LogP contribution in [-0.4, -0.2) is 78.1 Å². The minimum absolute atomic E-state index is 0.0304. The quantitative estimate of drug-likeness (QED) is 0.231. The van der Waals surface area contributed by atoms with Gasteiger partial charge in [-0.1, -0.05) is 6.07 Å². The zero-order valence-corrected chi connectivity index (χ0v) is 21.9. The Kier molecular flexibility index (Phi) is 8.24. The van der Waals surface area contributed by atoms with Gasteiger partial charge < -0.3 is 14.5 Å². The minimum atomic E-state index is -0.435. The maximum Gasteiger partial charge on any atom is 0.338 e. The van der Waals surface area contributed by atoms with E-state index in [2.05, 4.69) is 21.8 Å². The first-order valence-corrected chi connectivity index (χ1v) is 12.9. The molecule has 0 radical (unpaired) electrons. The fraction of sp³-hybridized carbons (Fsp3) is 0.346. The first-order chi connectivity index (χ1) is 17.8. The van der Waals surface area contributed by atoms with Crippen molar-refractivity contribution in [2.45, 2.75) is 13.8 Å². The number of non-ortho nitro benzene ring substituents is 1. The summed E-state index contributed by atoms with van der Waals surface area (Å²) in [6, 6.07) is 11.5. The van der Waals surface area contributed by atoms with Crippen LogP contribution < -0.4 is 4.90 Å². The van der Waals surface area contributed by atoms with Crippen molar-refractivity contribution in [2.75, 3.05) is 51.3 Å². The van der Waals surface area contributed by atoms with E-state index >= 15 is 0 Å². The van der Waals surface area contributed by atoms with Gasteiger partial charge in [-0.2, -0.15) is 0 Å². The molecular weight excluding hydrogens is 494 g/mol. The molecule has 11 heteroatoms. The van der Waals surface area contributed by atoms with E-state index in [1.54, 1.807) is 48.2 Å². The smallest absolute Gasteiger partial charge is 0.338 e. The van der Waals surface area contributed by atoms with Crippen LogP contribution in [-0.2, 0) is 9.53 Å². The normalized spacial score (nSPS) is 18.6. The van der Waals surface area contributed by atoms with Gasteiger partial charge in [0.25, 0.3) is 11.6 Å². The Morgan fingerprint density at radius 2 is 1.92 bits per heavy atom. The van der Waals surface area contributed by atoms with E-state index in [9.17, 15) is 19.7 Å². The molecule has 2 heterocycles. The standard InChI is InChI=1S/C26H29N5O5S/c1-4-30-24(32)23(37-26(30)27-20-8-6-7-18(15-20)25(33)36-5-2)17-19-16-21(31(34)35)9-10-22(19)29-13-11-28(3)12-14-29/h6-10,15-17H,4-5,11-14H2,1-3H3. The summed E-state index contributed by atoms with van der Waals surface area (Å²) in [4.78, 5) is 47.5. The van der Waals surface area contributed by atoms with Crippen LogP contribution >= 0.6 is 11.8 Å². The number of nitro benzene ring substituents is 1. The first-order valence-electron chi connectivity index (χ1n) is 12.1. The zero-order chi connectivity index (χ0) is 26.5. The lowest BCUT2D eigenvalue weighted by atomic mass is 10.1. The Hall–Kier alpha value is -3.70. The molecular formula is C26H29N5O5S. The number of benzene rings is 2. The van der Waals surface area contributed by atoms with Crippen LogP contribution in [0.15, 0.2) is 52.4 Å². The molecule has 2 aliphatic heterocycles. The van der Waals surface area contributed by atoms with Gasteiger partial charge in [0.1, 0.15) is 0 Å². The molecule has 0 atom stereocenters. The van der Waals surface area contributed by atoms with Gasteiger partial charge in [0.05, 0.1) is 27.7 Å². The van der Waals surface area contributed by atoms with E-state index in [-0.39, 0.29) is 18.2 Å². The monoisotopic (exact) mass is 523 g/mol. The number of ether oxygens (including phenoxy) is 1. The van der Waals surface area contributed by atoms with Crippen molar-refractivity contribution in [1.82, 2.24) is 9.80 Å². The molecule has 10 nitrogen and oxygen atoms in total. The number of nitro groups is 1. The number of hydrogen-bond donors (Lipinski definition) is 0. The highest BCUT2D eigenvalue weighted by molar-refractivity contribution is 8.18. The third kappa shape index (κ3) is 6.00. The van der Waals surface area contributed by atoms with Crippen molar-refractivity contribution in [1.29, 1.82) is 0 Å². The van der Waals surface area contributed by atoms with Gasteiger partial charge in [0.15, 0.2) is 5.17 Å². The number of carbonyl (C=O) groups excluding carboxylic acids is 2. The number of anilines is 1. The number of piperazine rings is 1. The van der Waals surface area contributed by atoms with E-state index in [0.717, 1.165) is 31.9 Å². The SMILES string of the molecule is CCOC(=O)c1cccc(N=C2SC(=Cc3cc([N+](=O)[O-])ccc3N3CCN(C)CC3)C(=O)N2CC)c1. The summed E-state index contributed by atoms with van der Waals surface area (Å²) in [6.45, 7) is 7.61. The van der Waals surface area contributed by atoms with Crippen LogP contribution in [0.3, 0.4) is 0 Å². The predicted octanol–water partition coefficient (Wildman–Crippen LogP) is 4.15. The van der Waals surface area contributed by atoms with Gasteiger partial charge in [-0.3, -0.25) is 19.8 Å². The van der Waals surface area contributed by atoms with Gasteiger partial charge in [-0.05, 0) is 63.0 Å². The highest BCUT2D eigenvalue weighted by Gasteiger charge is 2.33. The van der Waals surface area contributed by atoms with Crippen LogP contribution in [0.5, 0.6) is 0 Å². The second kappa shape index (κ2) is 11.6. The molecule has 2 aromatic carbocycles. The molecule has 1 amide bonds. The molecule has 0 unspecified atom stereocenters. The van der Waals surface area contributed by atoms with E-state index in [4.69, 9.17) is 4.74 Å². The highest BCUT2D eigenvalue weighted by Crippen LogP contribution is 2.37. The number of hydrogen-bond acceptors (Lipinski definition) is 9. The molecule has 194 valence electrons. The second-order valence-electron chi connectivity index (χ2n) is 8.62. The van der Waals surface area contributed by atoms with Crippen LogP contribution in [0, 0.1) is 10.1 Å². The zero-order valence-electron chi connectivity index (χ0n) is 21.0. The predicted molar refractivity (Wildman–Crippen MR) is 145 cm³/mol. The number of esters is 1. The van der Waals surface area contributed by atoms with E-state index in [1.165, 1.54) is 23.9 Å². The van der Waals surface area contributed by atoms with Gasteiger partial charge >= 0.3 is 5.97 Å². The number of nitrogens with zero attached hydrogens (tertiary/aromatic N) is 5. The van der Waals surface area contributed by atoms with Crippen LogP contribution in [0.25, 0.3) is 6.08 Å². The summed E-state index contributed by atoms with van der Waals surface area (Å²) in [7, 11) is 2.06. The van der Waals surface area contributed by atoms with Crippen LogP contribution in [0.1, 0.15) is 29.8 Å². The molecule has 0 aliphatic carbocycles. The second-order valence-corrected chi connectivity index (χ2v) is 9.62. The van der Waals surface area contributed by atoms with Crippen molar-refractivity contribution in [2.24, 2.45) is 4.99 Å². The average Bonchev–Trinajstić information content (AvgIpc) is 3.18. The Balaban J connectivity index is 1.68. The van der Waals surface area contributed by atoms with Gasteiger partial charge in [0.2, 0.25) is 0 Å². The fourth-order valence-corrected chi connectivity index (χ4v) is 5.20. The number of rotatable bonds is 7. The lowest BCUT2D eigenvalue weighted by Crippen LogP contribution is -2.44. The van der Waals surface area contributed by atoms with Crippen molar-refractivity contribution < 1.29 is 19.2 Å². The van der Waals surface area contributed by atoms with Gasteiger partial charge in [-0.25, -0.2) is 9.79 Å². The number of thioether (sulfide) groups is 1. The summed E-state index contributed by atoms with van der Waals surface area (Å²) in [5.41, 5.74) is 2.35. The molecule has 0 aromatic heterocycles. The largest absolute Gasteiger partial charge is 0.462 e. The Morgan fingerprint density at radius 1 is 1.16 bits per heavy atom. The van der Waals surface area contributed by atoms with Crippen LogP contribution in [0.4, 0.5) is 17.1 Å². The highest BCUT2D eigenvalue weighted by atomic mass is 32.2. The minimum Gasteiger partial charge on any atom is -0.462 e. The van der Waals surface area contributed by atoms with Crippen molar-refractivity contribution in [3.63, 3.8) is 0 Å². The topological polar surface area (TPSA) is 109 Å². The summed E-state index contributed by atoms with van der Waals surface area (Å²) >= 11 is 1.21. The van der Waals surface area contributed by atoms with Crippen molar-refractivity contribution >= 4 is 51.9 Å². The van der Waals surface area contributed by atoms with E-state index in [1.807, 2.05) is 6.92 Å². The lowest BCUT2D eigenvalue weighted by Gasteiger charge is -2.34. The van der Waals surface area contributed by atoms with Gasteiger partial charge in [-0.15, -0.1) is 0 Å².